The van der Waals surface area contributed by atoms with E-state index >= 15 is 0 Å². The molecular formula is C17H26N4. The van der Waals surface area contributed by atoms with E-state index in [0.717, 1.165) is 5.96 Å². The van der Waals surface area contributed by atoms with Crippen molar-refractivity contribution in [3.63, 3.8) is 0 Å². The molecule has 4 heteroatoms. The van der Waals surface area contributed by atoms with Crippen LogP contribution in [-0.4, -0.2) is 32.6 Å². The van der Waals surface area contributed by atoms with Crippen molar-refractivity contribution in [1.29, 1.82) is 0 Å². The predicted molar refractivity (Wildman–Crippen MR) is 91.0 cm³/mol. The average Bonchev–Trinajstić information content (AvgIpc) is 3.05. The molecular weight excluding hydrogens is 260 g/mol. The zero-order valence-electron chi connectivity index (χ0n) is 13.1. The van der Waals surface area contributed by atoms with Crippen molar-refractivity contribution >= 4 is 11.6 Å². The Labute approximate surface area is 128 Å². The number of hydrogen-bond acceptors (Lipinski definition) is 2. The second-order valence-electron chi connectivity index (χ2n) is 5.40. The lowest BCUT2D eigenvalue weighted by Crippen LogP contribution is -2.38. The summed E-state index contributed by atoms with van der Waals surface area (Å²) in [5.74, 6) is 0.800. The highest BCUT2D eigenvalue weighted by molar-refractivity contribution is 5.80. The third-order valence-corrected chi connectivity index (χ3v) is 3.83. The number of nitrogens with zero attached hydrogens (tertiary/aromatic N) is 2. The lowest BCUT2D eigenvalue weighted by atomic mass is 10.1. The van der Waals surface area contributed by atoms with Gasteiger partial charge in [0.25, 0.3) is 0 Å². The summed E-state index contributed by atoms with van der Waals surface area (Å²) < 4.78 is 0. The third-order valence-electron chi connectivity index (χ3n) is 3.83. The molecule has 2 rings (SSSR count). The van der Waals surface area contributed by atoms with Gasteiger partial charge in [0.1, 0.15) is 0 Å². The Balaban J connectivity index is 2.02. The molecule has 2 N–H and O–H groups in total. The summed E-state index contributed by atoms with van der Waals surface area (Å²) in [4.78, 5) is 6.69. The van der Waals surface area contributed by atoms with Crippen molar-refractivity contribution < 1.29 is 0 Å². The second kappa shape index (κ2) is 7.72. The Morgan fingerprint density at radius 2 is 2.19 bits per heavy atom. The molecule has 0 bridgehead atoms. The van der Waals surface area contributed by atoms with Crippen LogP contribution in [0.3, 0.4) is 0 Å². The molecule has 0 aliphatic carbocycles. The van der Waals surface area contributed by atoms with E-state index in [1.807, 2.05) is 6.08 Å². The van der Waals surface area contributed by atoms with E-state index < -0.39 is 0 Å². The Morgan fingerprint density at radius 1 is 1.43 bits per heavy atom. The van der Waals surface area contributed by atoms with Gasteiger partial charge in [-0.2, -0.15) is 0 Å². The fourth-order valence-electron chi connectivity index (χ4n) is 2.62. The smallest absolute Gasteiger partial charge is 0.191 e. The number of rotatable bonds is 5. The first-order valence-corrected chi connectivity index (χ1v) is 7.67. The molecule has 1 heterocycles. The summed E-state index contributed by atoms with van der Waals surface area (Å²) in [6, 6.07) is 9.00. The van der Waals surface area contributed by atoms with Crippen LogP contribution in [0.4, 0.5) is 5.69 Å². The van der Waals surface area contributed by atoms with Crippen LogP contribution in [0.1, 0.15) is 31.4 Å². The zero-order chi connectivity index (χ0) is 15.1. The van der Waals surface area contributed by atoms with Crippen molar-refractivity contribution in [3.8, 4) is 0 Å². The molecule has 1 aromatic rings. The summed E-state index contributed by atoms with van der Waals surface area (Å²) in [6.45, 7) is 8.92. The number of guanidine groups is 1. The number of anilines is 1. The molecule has 0 spiro atoms. The van der Waals surface area contributed by atoms with Gasteiger partial charge in [0.2, 0.25) is 0 Å². The first-order valence-electron chi connectivity index (χ1n) is 7.67. The summed E-state index contributed by atoms with van der Waals surface area (Å²) in [7, 11) is 1.78. The van der Waals surface area contributed by atoms with Crippen molar-refractivity contribution in [3.05, 3.63) is 42.5 Å². The first kappa shape index (κ1) is 15.4. The van der Waals surface area contributed by atoms with E-state index in [2.05, 4.69) is 58.3 Å². The SMILES string of the molecule is C=CCNC(=NC)NC(C)c1cccc(N2CCCC2)c1. The van der Waals surface area contributed by atoms with Crippen LogP contribution in [0.25, 0.3) is 0 Å². The van der Waals surface area contributed by atoms with Crippen LogP contribution >= 0.6 is 0 Å². The molecule has 21 heavy (non-hydrogen) atoms. The minimum atomic E-state index is 0.212. The Morgan fingerprint density at radius 3 is 2.86 bits per heavy atom. The highest BCUT2D eigenvalue weighted by Gasteiger charge is 2.14. The molecule has 0 radical (unpaired) electrons. The average molecular weight is 286 g/mol. The molecule has 1 aliphatic heterocycles. The van der Waals surface area contributed by atoms with Gasteiger partial charge in [0.05, 0.1) is 6.04 Å². The van der Waals surface area contributed by atoms with E-state index in [1.165, 1.54) is 37.2 Å². The second-order valence-corrected chi connectivity index (χ2v) is 5.40. The van der Waals surface area contributed by atoms with Crippen molar-refractivity contribution in [2.75, 3.05) is 31.6 Å². The van der Waals surface area contributed by atoms with Gasteiger partial charge in [-0.3, -0.25) is 4.99 Å². The van der Waals surface area contributed by atoms with E-state index in [-0.39, 0.29) is 6.04 Å². The number of nitrogens with one attached hydrogen (secondary N) is 2. The number of benzene rings is 1. The van der Waals surface area contributed by atoms with Crippen LogP contribution in [0, 0.1) is 0 Å². The Kier molecular flexibility index (Phi) is 5.67. The molecule has 0 aromatic heterocycles. The zero-order valence-corrected chi connectivity index (χ0v) is 13.1. The Hall–Kier alpha value is -1.97. The van der Waals surface area contributed by atoms with Crippen LogP contribution in [0.5, 0.6) is 0 Å². The molecule has 1 aromatic carbocycles. The predicted octanol–water partition coefficient (Wildman–Crippen LogP) is 2.70. The van der Waals surface area contributed by atoms with Crippen LogP contribution in [0.2, 0.25) is 0 Å². The highest BCUT2D eigenvalue weighted by Crippen LogP contribution is 2.23. The molecule has 1 atom stereocenters. The molecule has 4 nitrogen and oxygen atoms in total. The summed E-state index contributed by atoms with van der Waals surface area (Å²) >= 11 is 0. The fourth-order valence-corrected chi connectivity index (χ4v) is 2.62. The van der Waals surface area contributed by atoms with Gasteiger partial charge in [0, 0.05) is 32.4 Å². The summed E-state index contributed by atoms with van der Waals surface area (Å²) in [5, 5.41) is 6.61. The van der Waals surface area contributed by atoms with E-state index in [9.17, 15) is 0 Å². The van der Waals surface area contributed by atoms with Gasteiger partial charge in [-0.05, 0) is 37.5 Å². The topological polar surface area (TPSA) is 39.7 Å². The fraction of sp³-hybridized carbons (Fsp3) is 0.471. The molecule has 1 saturated heterocycles. The van der Waals surface area contributed by atoms with Crippen LogP contribution < -0.4 is 15.5 Å². The van der Waals surface area contributed by atoms with Gasteiger partial charge < -0.3 is 15.5 Å². The van der Waals surface area contributed by atoms with Gasteiger partial charge in [0.15, 0.2) is 5.96 Å². The Bertz CT molecular complexity index is 489. The van der Waals surface area contributed by atoms with E-state index in [0.29, 0.717) is 6.54 Å². The maximum Gasteiger partial charge on any atom is 0.191 e. The number of aliphatic imine (C=N–C) groups is 1. The summed E-state index contributed by atoms with van der Waals surface area (Å²) in [6.07, 6.45) is 4.43. The number of hydrogen-bond donors (Lipinski definition) is 2. The maximum absolute atomic E-state index is 4.23. The standard InChI is InChI=1S/C17H26N4/c1-4-10-19-17(18-3)20-14(2)15-8-7-9-16(13-15)21-11-5-6-12-21/h4,7-9,13-14H,1,5-6,10-12H2,2-3H3,(H2,18,19,20). The first-order chi connectivity index (χ1) is 10.2. The van der Waals surface area contributed by atoms with Crippen molar-refractivity contribution in [1.82, 2.24) is 10.6 Å². The van der Waals surface area contributed by atoms with Crippen LogP contribution in [0.15, 0.2) is 41.9 Å². The third kappa shape index (κ3) is 4.25. The lowest BCUT2D eigenvalue weighted by Gasteiger charge is -2.22. The maximum atomic E-state index is 4.23. The van der Waals surface area contributed by atoms with E-state index in [1.54, 1.807) is 7.05 Å². The largest absolute Gasteiger partial charge is 0.372 e. The minimum Gasteiger partial charge on any atom is -0.372 e. The monoisotopic (exact) mass is 286 g/mol. The van der Waals surface area contributed by atoms with Gasteiger partial charge in [-0.25, -0.2) is 0 Å². The van der Waals surface area contributed by atoms with Gasteiger partial charge in [-0.15, -0.1) is 6.58 Å². The van der Waals surface area contributed by atoms with Crippen LogP contribution in [-0.2, 0) is 0 Å². The van der Waals surface area contributed by atoms with Gasteiger partial charge in [-0.1, -0.05) is 18.2 Å². The minimum absolute atomic E-state index is 0.212. The van der Waals surface area contributed by atoms with Gasteiger partial charge >= 0.3 is 0 Å². The normalized spacial score (nSPS) is 16.7. The van der Waals surface area contributed by atoms with Crippen molar-refractivity contribution in [2.45, 2.75) is 25.8 Å². The molecule has 0 saturated carbocycles. The van der Waals surface area contributed by atoms with Crippen molar-refractivity contribution in [2.24, 2.45) is 4.99 Å². The summed E-state index contributed by atoms with van der Waals surface area (Å²) in [5.41, 5.74) is 2.61. The molecule has 0 amide bonds. The lowest BCUT2D eigenvalue weighted by molar-refractivity contribution is 0.693. The highest BCUT2D eigenvalue weighted by atomic mass is 15.2. The molecule has 114 valence electrons. The molecule has 1 aliphatic rings. The van der Waals surface area contributed by atoms with E-state index in [4.69, 9.17) is 0 Å². The molecule has 1 unspecified atom stereocenters. The molecule has 1 fully saturated rings. The quantitative estimate of drug-likeness (QED) is 0.497.